The first-order valence-electron chi connectivity index (χ1n) is 8.38. The van der Waals surface area contributed by atoms with E-state index >= 15 is 0 Å². The molecule has 1 N–H and O–H groups in total. The maximum Gasteiger partial charge on any atom is 0.0916 e. The van der Waals surface area contributed by atoms with Crippen molar-refractivity contribution in [2.45, 2.75) is 12.5 Å². The molecule has 0 bridgehead atoms. The average Bonchev–Trinajstić information content (AvgIpc) is 2.63. The zero-order chi connectivity index (χ0) is 15.9. The molecule has 1 unspecified atom stereocenters. The van der Waals surface area contributed by atoms with Crippen LogP contribution in [0, 0.1) is 0 Å². The zero-order valence-electron chi connectivity index (χ0n) is 13.5. The number of piperazine rings is 1. The van der Waals surface area contributed by atoms with Crippen molar-refractivity contribution in [3.63, 3.8) is 0 Å². The van der Waals surface area contributed by atoms with E-state index < -0.39 is 0 Å². The molecule has 1 aromatic carbocycles. The minimum absolute atomic E-state index is 0.389. The monoisotopic (exact) mass is 311 g/mol. The Morgan fingerprint density at radius 2 is 1.57 bits per heavy atom. The molecule has 1 fully saturated rings. The molecular weight excluding hydrogens is 286 g/mol. The van der Waals surface area contributed by atoms with E-state index in [1.54, 1.807) is 0 Å². The number of β-amino-alcohol motifs (C(OH)–C–C–N with tert-alkyl or cyclic N) is 1. The van der Waals surface area contributed by atoms with Gasteiger partial charge in [-0.3, -0.25) is 9.88 Å². The van der Waals surface area contributed by atoms with Crippen LogP contribution in [0.5, 0.6) is 0 Å². The van der Waals surface area contributed by atoms with Gasteiger partial charge in [0.05, 0.1) is 6.10 Å². The van der Waals surface area contributed by atoms with E-state index in [1.165, 1.54) is 5.56 Å². The van der Waals surface area contributed by atoms with E-state index in [0.29, 0.717) is 0 Å². The average molecular weight is 311 g/mol. The van der Waals surface area contributed by atoms with Gasteiger partial charge in [0, 0.05) is 51.7 Å². The van der Waals surface area contributed by atoms with Gasteiger partial charge in [-0.2, -0.15) is 0 Å². The molecule has 23 heavy (non-hydrogen) atoms. The van der Waals surface area contributed by atoms with Crippen LogP contribution in [0.15, 0.2) is 54.9 Å². The molecule has 1 atom stereocenters. The summed E-state index contributed by atoms with van der Waals surface area (Å²) < 4.78 is 0. The fourth-order valence-electron chi connectivity index (χ4n) is 3.06. The molecule has 2 aromatic rings. The van der Waals surface area contributed by atoms with Crippen molar-refractivity contribution in [2.75, 3.05) is 39.3 Å². The van der Waals surface area contributed by atoms with E-state index in [2.05, 4.69) is 26.9 Å². The van der Waals surface area contributed by atoms with E-state index in [4.69, 9.17) is 0 Å². The highest BCUT2D eigenvalue weighted by molar-refractivity contribution is 5.17. The molecule has 1 saturated heterocycles. The molecule has 122 valence electrons. The number of pyridine rings is 1. The van der Waals surface area contributed by atoms with Crippen molar-refractivity contribution < 1.29 is 5.11 Å². The molecule has 1 aromatic heterocycles. The largest absolute Gasteiger partial charge is 0.387 e. The number of aliphatic hydroxyl groups is 1. The molecule has 0 aliphatic carbocycles. The molecule has 0 amide bonds. The predicted molar refractivity (Wildman–Crippen MR) is 92.2 cm³/mol. The highest BCUT2D eigenvalue weighted by Crippen LogP contribution is 2.15. The van der Waals surface area contributed by atoms with Gasteiger partial charge in [-0.05, 0) is 29.7 Å². The first-order chi connectivity index (χ1) is 11.3. The van der Waals surface area contributed by atoms with Crippen molar-refractivity contribution in [3.8, 4) is 0 Å². The van der Waals surface area contributed by atoms with Crippen molar-refractivity contribution >= 4 is 0 Å². The van der Waals surface area contributed by atoms with Crippen molar-refractivity contribution in [1.29, 1.82) is 0 Å². The third kappa shape index (κ3) is 4.86. The number of aromatic nitrogens is 1. The molecule has 1 aliphatic rings. The molecule has 0 spiro atoms. The van der Waals surface area contributed by atoms with Gasteiger partial charge in [0.1, 0.15) is 0 Å². The minimum atomic E-state index is -0.389. The Labute approximate surface area is 138 Å². The molecule has 3 rings (SSSR count). The predicted octanol–water partition coefficient (Wildman–Crippen LogP) is 1.98. The van der Waals surface area contributed by atoms with Crippen molar-refractivity contribution in [3.05, 3.63) is 66.0 Å². The summed E-state index contributed by atoms with van der Waals surface area (Å²) in [4.78, 5) is 8.93. The lowest BCUT2D eigenvalue weighted by Crippen LogP contribution is -2.47. The fourth-order valence-corrected chi connectivity index (χ4v) is 3.06. The Morgan fingerprint density at radius 3 is 2.26 bits per heavy atom. The van der Waals surface area contributed by atoms with E-state index in [9.17, 15) is 5.11 Å². The molecule has 1 aliphatic heterocycles. The van der Waals surface area contributed by atoms with Crippen LogP contribution in [-0.2, 0) is 6.42 Å². The van der Waals surface area contributed by atoms with Crippen LogP contribution in [0.3, 0.4) is 0 Å². The van der Waals surface area contributed by atoms with Crippen LogP contribution < -0.4 is 0 Å². The van der Waals surface area contributed by atoms with Crippen LogP contribution in [0.1, 0.15) is 17.2 Å². The summed E-state index contributed by atoms with van der Waals surface area (Å²) >= 11 is 0. The maximum atomic E-state index is 10.3. The van der Waals surface area contributed by atoms with Crippen molar-refractivity contribution in [2.24, 2.45) is 0 Å². The normalized spacial score (nSPS) is 18.0. The van der Waals surface area contributed by atoms with Gasteiger partial charge in [-0.25, -0.2) is 0 Å². The second-order valence-corrected chi connectivity index (χ2v) is 6.17. The smallest absolute Gasteiger partial charge is 0.0916 e. The van der Waals surface area contributed by atoms with Crippen LogP contribution in [0.4, 0.5) is 0 Å². The third-order valence-corrected chi connectivity index (χ3v) is 4.55. The molecule has 2 heterocycles. The zero-order valence-corrected chi connectivity index (χ0v) is 13.5. The standard InChI is InChI=1S/C19H25N3O/c23-19(18-4-2-1-3-5-18)16-22-14-12-21(13-15-22)11-8-17-6-9-20-10-7-17/h1-7,9-10,19,23H,8,11-16H2. The summed E-state index contributed by atoms with van der Waals surface area (Å²) in [7, 11) is 0. The lowest BCUT2D eigenvalue weighted by atomic mass is 10.1. The lowest BCUT2D eigenvalue weighted by Gasteiger charge is -2.35. The number of hydrogen-bond acceptors (Lipinski definition) is 4. The van der Waals surface area contributed by atoms with Crippen LogP contribution in [0.2, 0.25) is 0 Å². The molecule has 0 radical (unpaired) electrons. The first kappa shape index (κ1) is 16.1. The van der Waals surface area contributed by atoms with Gasteiger partial charge < -0.3 is 10.0 Å². The Bertz CT molecular complexity index is 568. The number of aliphatic hydroxyl groups excluding tert-OH is 1. The first-order valence-corrected chi connectivity index (χ1v) is 8.38. The maximum absolute atomic E-state index is 10.3. The molecular formula is C19H25N3O. The molecule has 0 saturated carbocycles. The van der Waals surface area contributed by atoms with Gasteiger partial charge in [0.15, 0.2) is 0 Å². The Balaban J connectivity index is 1.40. The molecule has 4 heteroatoms. The summed E-state index contributed by atoms with van der Waals surface area (Å²) in [6, 6.07) is 14.1. The van der Waals surface area contributed by atoms with Gasteiger partial charge in [-0.15, -0.1) is 0 Å². The summed E-state index contributed by atoms with van der Waals surface area (Å²) in [5.74, 6) is 0. The Hall–Kier alpha value is -1.75. The summed E-state index contributed by atoms with van der Waals surface area (Å²) in [5, 5.41) is 10.3. The van der Waals surface area contributed by atoms with Gasteiger partial charge in [-0.1, -0.05) is 30.3 Å². The van der Waals surface area contributed by atoms with E-state index in [1.807, 2.05) is 42.7 Å². The highest BCUT2D eigenvalue weighted by Gasteiger charge is 2.19. The third-order valence-electron chi connectivity index (χ3n) is 4.55. The number of hydrogen-bond donors (Lipinski definition) is 1. The second-order valence-electron chi connectivity index (χ2n) is 6.17. The SMILES string of the molecule is OC(CN1CCN(CCc2ccncc2)CC1)c1ccccc1. The van der Waals surface area contributed by atoms with Crippen molar-refractivity contribution in [1.82, 2.24) is 14.8 Å². The van der Waals surface area contributed by atoms with Crippen LogP contribution >= 0.6 is 0 Å². The van der Waals surface area contributed by atoms with Gasteiger partial charge in [0.2, 0.25) is 0 Å². The number of nitrogens with zero attached hydrogens (tertiary/aromatic N) is 3. The fraction of sp³-hybridized carbons (Fsp3) is 0.421. The topological polar surface area (TPSA) is 39.6 Å². The summed E-state index contributed by atoms with van der Waals surface area (Å²) in [6.07, 6.45) is 4.41. The lowest BCUT2D eigenvalue weighted by molar-refractivity contribution is 0.0730. The second kappa shape index (κ2) is 8.20. The minimum Gasteiger partial charge on any atom is -0.387 e. The Morgan fingerprint density at radius 1 is 0.913 bits per heavy atom. The highest BCUT2D eigenvalue weighted by atomic mass is 16.3. The van der Waals surface area contributed by atoms with E-state index in [-0.39, 0.29) is 6.10 Å². The summed E-state index contributed by atoms with van der Waals surface area (Å²) in [5.41, 5.74) is 2.36. The Kier molecular flexibility index (Phi) is 5.75. The number of benzene rings is 1. The van der Waals surface area contributed by atoms with Gasteiger partial charge in [0.25, 0.3) is 0 Å². The quantitative estimate of drug-likeness (QED) is 0.885. The number of rotatable bonds is 6. The summed E-state index contributed by atoms with van der Waals surface area (Å²) in [6.45, 7) is 6.03. The van der Waals surface area contributed by atoms with Crippen LogP contribution in [-0.4, -0.2) is 59.2 Å². The van der Waals surface area contributed by atoms with E-state index in [0.717, 1.165) is 51.3 Å². The molecule has 4 nitrogen and oxygen atoms in total. The van der Waals surface area contributed by atoms with Gasteiger partial charge >= 0.3 is 0 Å². The van der Waals surface area contributed by atoms with Crippen LogP contribution in [0.25, 0.3) is 0 Å².